The summed E-state index contributed by atoms with van der Waals surface area (Å²) in [6.07, 6.45) is 80.8. The van der Waals surface area contributed by atoms with Crippen molar-refractivity contribution < 1.29 is 42.9 Å². The molecule has 0 fully saturated rings. The number of unbranched alkanes of at least 4 members (excludes halogenated alkanes) is 14. The number of aliphatic carboxylic acids is 1. The van der Waals surface area contributed by atoms with Gasteiger partial charge in [-0.05, 0) is 122 Å². The van der Waals surface area contributed by atoms with Crippen molar-refractivity contribution in [2.24, 2.45) is 0 Å². The van der Waals surface area contributed by atoms with E-state index in [1.807, 2.05) is 21.1 Å². The maximum Gasteiger partial charge on any atom is 0.361 e. The lowest BCUT2D eigenvalue weighted by molar-refractivity contribution is -0.870. The molecule has 2 atom stereocenters. The van der Waals surface area contributed by atoms with Gasteiger partial charge in [-0.15, -0.1) is 0 Å². The van der Waals surface area contributed by atoms with E-state index in [0.717, 1.165) is 128 Å². The van der Waals surface area contributed by atoms with Crippen LogP contribution in [0.5, 0.6) is 0 Å². The summed E-state index contributed by atoms with van der Waals surface area (Å²) in [6.45, 7) is 4.68. The van der Waals surface area contributed by atoms with Gasteiger partial charge < -0.3 is 28.5 Å². The maximum atomic E-state index is 12.9. The number of quaternary nitrogens is 1. The third-order valence-electron chi connectivity index (χ3n) is 12.1. The van der Waals surface area contributed by atoms with Crippen LogP contribution < -0.4 is 0 Å². The average molecular weight is 1070 g/mol. The molecule has 0 aliphatic rings. The van der Waals surface area contributed by atoms with Crippen molar-refractivity contribution in [2.75, 3.05) is 47.5 Å². The Hall–Kier alpha value is -4.83. The molecule has 0 saturated heterocycles. The Morgan fingerprint density at radius 2 is 0.740 bits per heavy atom. The second-order valence-corrected chi connectivity index (χ2v) is 20.6. The summed E-state index contributed by atoms with van der Waals surface area (Å²) in [5.74, 6) is -2.08. The molecule has 0 aliphatic carbocycles. The molecule has 0 amide bonds. The summed E-state index contributed by atoms with van der Waals surface area (Å²) in [6, 6.07) is 0. The zero-order valence-electron chi connectivity index (χ0n) is 49.3. The van der Waals surface area contributed by atoms with Gasteiger partial charge in [0.2, 0.25) is 0 Å². The van der Waals surface area contributed by atoms with Crippen molar-refractivity contribution in [1.82, 2.24) is 0 Å². The molecule has 0 aliphatic heterocycles. The van der Waals surface area contributed by atoms with Crippen molar-refractivity contribution >= 4 is 17.9 Å². The standard InChI is InChI=1S/C68H109NO8/c1-6-8-10-12-14-16-18-20-22-23-24-25-26-27-28-29-30-31-32-33-34-35-36-37-38-39-40-41-42-43-45-47-49-51-53-55-57-59-66(71)77-64(63-76-68(67(72)73)74-61-60-69(3,4)5)62-75-65(70)58-56-54-52-50-48-46-44-21-19-17-15-13-11-9-7-2/h8,10,14,16,20-22,24-25,27-28,30-31,33-34,36-37,39-40,42-44,47,49,64,68H,6-7,9,11-13,15,17-19,23,26,29,32,35,38,41,45-46,48,50-63H2,1-5H3/p+1/b10-8-,16-14-,22-20-,25-24-,28-27-,31-30-,34-33-,37-36-,40-39-,43-42-,44-21-,49-47-. The van der Waals surface area contributed by atoms with E-state index in [-0.39, 0.29) is 38.6 Å². The molecule has 1 N–H and O–H groups in total. The Morgan fingerprint density at radius 3 is 1.13 bits per heavy atom. The van der Waals surface area contributed by atoms with Gasteiger partial charge in [0.25, 0.3) is 6.29 Å². The van der Waals surface area contributed by atoms with E-state index in [1.54, 1.807) is 0 Å². The Balaban J connectivity index is 4.31. The molecule has 9 heteroatoms. The molecule has 0 bridgehead atoms. The van der Waals surface area contributed by atoms with E-state index in [9.17, 15) is 19.5 Å². The van der Waals surface area contributed by atoms with Crippen LogP contribution in [0.4, 0.5) is 0 Å². The number of rotatable bonds is 53. The van der Waals surface area contributed by atoms with Gasteiger partial charge in [-0.25, -0.2) is 4.79 Å². The van der Waals surface area contributed by atoms with E-state index in [0.29, 0.717) is 17.4 Å². The van der Waals surface area contributed by atoms with Gasteiger partial charge in [0, 0.05) is 12.8 Å². The summed E-state index contributed by atoms with van der Waals surface area (Å²) in [5, 5.41) is 9.69. The summed E-state index contributed by atoms with van der Waals surface area (Å²) >= 11 is 0. The van der Waals surface area contributed by atoms with E-state index >= 15 is 0 Å². The highest BCUT2D eigenvalue weighted by atomic mass is 16.7. The SMILES string of the molecule is CC/C=C\C/C=C\C/C=C\C/C=C\C/C=C\C/C=C\C/C=C\C/C=C\C/C=C\C/C=C\C/C=C\CCCCCC(=O)OC(COC(=O)CCCCCCC/C=C\CCCCCCCC)COC(OCC[N+](C)(C)C)C(=O)O. The van der Waals surface area contributed by atoms with Crippen LogP contribution in [-0.2, 0) is 33.3 Å². The van der Waals surface area contributed by atoms with E-state index < -0.39 is 24.3 Å². The molecule has 0 aromatic heterocycles. The molecule has 0 aromatic carbocycles. The fraction of sp³-hybridized carbons (Fsp3) is 0.603. The first kappa shape index (κ1) is 72.2. The Morgan fingerprint density at radius 1 is 0.403 bits per heavy atom. The number of carbonyl (C=O) groups excluding carboxylic acids is 2. The monoisotopic (exact) mass is 1070 g/mol. The zero-order chi connectivity index (χ0) is 56.2. The third kappa shape index (κ3) is 58.7. The number of esters is 2. The molecule has 0 radical (unpaired) electrons. The smallest absolute Gasteiger partial charge is 0.361 e. The van der Waals surface area contributed by atoms with E-state index in [4.69, 9.17) is 18.9 Å². The number of ether oxygens (including phenoxy) is 4. The van der Waals surface area contributed by atoms with Gasteiger partial charge >= 0.3 is 17.9 Å². The lowest BCUT2D eigenvalue weighted by Crippen LogP contribution is -2.40. The first-order valence-corrected chi connectivity index (χ1v) is 30.0. The predicted molar refractivity (Wildman–Crippen MR) is 327 cm³/mol. The minimum Gasteiger partial charge on any atom is -0.477 e. The molecular weight excluding hydrogens is 959 g/mol. The van der Waals surface area contributed by atoms with Crippen molar-refractivity contribution in [3.05, 3.63) is 146 Å². The summed E-state index contributed by atoms with van der Waals surface area (Å²) in [7, 11) is 5.94. The number of carboxylic acids is 1. The third-order valence-corrected chi connectivity index (χ3v) is 12.1. The number of carboxylic acid groups (broad SMARTS) is 1. The van der Waals surface area contributed by atoms with Gasteiger partial charge in [-0.2, -0.15) is 0 Å². The Labute approximate surface area is 471 Å². The number of allylic oxidation sites excluding steroid dienone is 24. The summed E-state index contributed by atoms with van der Waals surface area (Å²) < 4.78 is 22.8. The molecule has 77 heavy (non-hydrogen) atoms. The van der Waals surface area contributed by atoms with Crippen LogP contribution in [0.1, 0.15) is 206 Å². The lowest BCUT2D eigenvalue weighted by atomic mass is 10.1. The Bertz CT molecular complexity index is 1770. The molecule has 0 heterocycles. The molecule has 434 valence electrons. The molecule has 0 rings (SSSR count). The number of hydrogen-bond acceptors (Lipinski definition) is 7. The fourth-order valence-corrected chi connectivity index (χ4v) is 7.48. The van der Waals surface area contributed by atoms with Crippen LogP contribution in [0, 0.1) is 0 Å². The van der Waals surface area contributed by atoms with Gasteiger partial charge in [-0.3, -0.25) is 9.59 Å². The quantitative estimate of drug-likeness (QED) is 0.0211. The van der Waals surface area contributed by atoms with Crippen molar-refractivity contribution in [1.29, 1.82) is 0 Å². The average Bonchev–Trinajstić information content (AvgIpc) is 3.40. The van der Waals surface area contributed by atoms with Crippen LogP contribution in [-0.4, -0.2) is 87.4 Å². The normalized spacial score (nSPS) is 13.8. The van der Waals surface area contributed by atoms with E-state index in [2.05, 4.69) is 160 Å². The van der Waals surface area contributed by atoms with Crippen LogP contribution in [0.3, 0.4) is 0 Å². The minimum atomic E-state index is -1.53. The first-order chi connectivity index (χ1) is 37.6. The van der Waals surface area contributed by atoms with Gasteiger partial charge in [0.05, 0.1) is 34.4 Å². The molecule has 0 spiro atoms. The maximum absolute atomic E-state index is 12.9. The zero-order valence-corrected chi connectivity index (χ0v) is 49.3. The lowest BCUT2D eigenvalue weighted by Gasteiger charge is -2.25. The second kappa shape index (κ2) is 57.3. The fourth-order valence-electron chi connectivity index (χ4n) is 7.48. The van der Waals surface area contributed by atoms with Crippen LogP contribution in [0.15, 0.2) is 146 Å². The largest absolute Gasteiger partial charge is 0.477 e. The highest BCUT2D eigenvalue weighted by molar-refractivity contribution is 5.71. The first-order valence-electron chi connectivity index (χ1n) is 30.0. The number of nitrogens with zero attached hydrogens (tertiary/aromatic N) is 1. The molecule has 0 saturated carbocycles. The highest BCUT2D eigenvalue weighted by Crippen LogP contribution is 2.13. The molecular formula is C68H110NO8+. The molecule has 0 aromatic rings. The topological polar surface area (TPSA) is 108 Å². The van der Waals surface area contributed by atoms with Crippen molar-refractivity contribution in [2.45, 2.75) is 219 Å². The van der Waals surface area contributed by atoms with Crippen LogP contribution in [0.2, 0.25) is 0 Å². The Kier molecular flexibility index (Phi) is 53.8. The van der Waals surface area contributed by atoms with Crippen molar-refractivity contribution in [3.63, 3.8) is 0 Å². The van der Waals surface area contributed by atoms with Crippen LogP contribution >= 0.6 is 0 Å². The number of hydrogen-bond donors (Lipinski definition) is 1. The molecule has 9 nitrogen and oxygen atoms in total. The predicted octanol–water partition coefficient (Wildman–Crippen LogP) is 18.0. The van der Waals surface area contributed by atoms with Gasteiger partial charge in [0.15, 0.2) is 6.10 Å². The van der Waals surface area contributed by atoms with Crippen LogP contribution in [0.25, 0.3) is 0 Å². The van der Waals surface area contributed by atoms with Gasteiger partial charge in [-0.1, -0.05) is 217 Å². The number of carbonyl (C=O) groups is 3. The highest BCUT2D eigenvalue weighted by Gasteiger charge is 2.25. The van der Waals surface area contributed by atoms with Gasteiger partial charge in [0.1, 0.15) is 13.2 Å². The summed E-state index contributed by atoms with van der Waals surface area (Å²) in [5.41, 5.74) is 0. The number of likely N-dealkylation sites (N-methyl/N-ethyl adjacent to an activating group) is 1. The second-order valence-electron chi connectivity index (χ2n) is 20.6. The summed E-state index contributed by atoms with van der Waals surface area (Å²) in [4.78, 5) is 37.4. The molecule has 2 unspecified atom stereocenters. The minimum absolute atomic E-state index is 0.172. The van der Waals surface area contributed by atoms with Crippen molar-refractivity contribution in [3.8, 4) is 0 Å². The van der Waals surface area contributed by atoms with E-state index in [1.165, 1.54) is 44.9 Å².